The summed E-state index contributed by atoms with van der Waals surface area (Å²) in [5.41, 5.74) is 10.3. The van der Waals surface area contributed by atoms with Crippen molar-refractivity contribution in [2.75, 3.05) is 19.6 Å². The number of hydrogen-bond acceptors (Lipinski definition) is 2. The molecule has 1 fully saturated rings. The summed E-state index contributed by atoms with van der Waals surface area (Å²) >= 11 is 0. The fourth-order valence-electron chi connectivity index (χ4n) is 3.57. The second-order valence-corrected chi connectivity index (χ2v) is 6.31. The zero-order valence-corrected chi connectivity index (χ0v) is 13.4. The molecule has 0 aromatic heterocycles. The van der Waals surface area contributed by atoms with Gasteiger partial charge in [0.1, 0.15) is 0 Å². The molecule has 0 bridgehead atoms. The van der Waals surface area contributed by atoms with Crippen LogP contribution in [0.15, 0.2) is 18.2 Å². The average molecular weight is 274 g/mol. The Bertz CT molecular complexity index is 419. The standard InChI is InChI=1S/C18H30N2/c1-4-6-16-9-11-20(12-10-16)18(13-19)17-8-5-7-14(2)15(17)3/h5,7-8,16,18H,4,6,9-13,19H2,1-3H3. The predicted octanol–water partition coefficient (Wildman–Crippen LogP) is 3.82. The summed E-state index contributed by atoms with van der Waals surface area (Å²) in [6.07, 6.45) is 5.40. The minimum absolute atomic E-state index is 0.400. The Hall–Kier alpha value is -0.860. The highest BCUT2D eigenvalue weighted by Gasteiger charge is 2.25. The van der Waals surface area contributed by atoms with Crippen LogP contribution in [0, 0.1) is 19.8 Å². The molecule has 0 amide bonds. The quantitative estimate of drug-likeness (QED) is 0.884. The van der Waals surface area contributed by atoms with Crippen molar-refractivity contribution in [3.8, 4) is 0 Å². The number of hydrogen-bond donors (Lipinski definition) is 1. The molecule has 1 aromatic rings. The molecule has 112 valence electrons. The van der Waals surface area contributed by atoms with Crippen molar-refractivity contribution in [2.24, 2.45) is 11.7 Å². The van der Waals surface area contributed by atoms with Crippen molar-refractivity contribution < 1.29 is 0 Å². The fourth-order valence-corrected chi connectivity index (χ4v) is 3.57. The molecular weight excluding hydrogens is 244 g/mol. The van der Waals surface area contributed by atoms with Gasteiger partial charge in [0.25, 0.3) is 0 Å². The van der Waals surface area contributed by atoms with Gasteiger partial charge < -0.3 is 5.73 Å². The normalized spacial score (nSPS) is 19.2. The van der Waals surface area contributed by atoms with Crippen LogP contribution in [-0.4, -0.2) is 24.5 Å². The molecule has 1 aliphatic rings. The fraction of sp³-hybridized carbons (Fsp3) is 0.667. The maximum Gasteiger partial charge on any atom is 0.0473 e. The van der Waals surface area contributed by atoms with E-state index in [9.17, 15) is 0 Å². The highest BCUT2D eigenvalue weighted by molar-refractivity contribution is 5.35. The van der Waals surface area contributed by atoms with E-state index < -0.39 is 0 Å². The molecule has 0 spiro atoms. The van der Waals surface area contributed by atoms with Crippen molar-refractivity contribution in [3.63, 3.8) is 0 Å². The first-order valence-electron chi connectivity index (χ1n) is 8.17. The highest BCUT2D eigenvalue weighted by atomic mass is 15.2. The van der Waals surface area contributed by atoms with Crippen molar-refractivity contribution in [3.05, 3.63) is 34.9 Å². The van der Waals surface area contributed by atoms with Gasteiger partial charge in [0.15, 0.2) is 0 Å². The van der Waals surface area contributed by atoms with Gasteiger partial charge in [0.2, 0.25) is 0 Å². The summed E-state index contributed by atoms with van der Waals surface area (Å²) in [6.45, 7) is 9.87. The van der Waals surface area contributed by atoms with Gasteiger partial charge in [-0.3, -0.25) is 4.90 Å². The molecule has 0 aliphatic carbocycles. The number of benzene rings is 1. The third-order valence-corrected chi connectivity index (χ3v) is 5.02. The zero-order chi connectivity index (χ0) is 14.5. The largest absolute Gasteiger partial charge is 0.329 e. The molecule has 0 saturated carbocycles. The van der Waals surface area contributed by atoms with Gasteiger partial charge in [-0.15, -0.1) is 0 Å². The summed E-state index contributed by atoms with van der Waals surface area (Å²) in [6, 6.07) is 7.03. The molecule has 20 heavy (non-hydrogen) atoms. The Morgan fingerprint density at radius 3 is 2.55 bits per heavy atom. The van der Waals surface area contributed by atoms with Gasteiger partial charge in [-0.05, 0) is 62.4 Å². The number of aryl methyl sites for hydroxylation is 1. The van der Waals surface area contributed by atoms with Crippen LogP contribution >= 0.6 is 0 Å². The van der Waals surface area contributed by atoms with E-state index in [2.05, 4.69) is 43.9 Å². The number of nitrogens with two attached hydrogens (primary N) is 1. The Balaban J connectivity index is 2.08. The Kier molecular flexibility index (Phi) is 5.62. The number of piperidine rings is 1. The molecule has 2 N–H and O–H groups in total. The van der Waals surface area contributed by atoms with Gasteiger partial charge in [0.05, 0.1) is 0 Å². The molecule has 1 unspecified atom stereocenters. The first-order chi connectivity index (χ1) is 9.67. The van der Waals surface area contributed by atoms with Crippen LogP contribution in [0.2, 0.25) is 0 Å². The molecule has 1 saturated heterocycles. The van der Waals surface area contributed by atoms with Crippen molar-refractivity contribution in [1.82, 2.24) is 4.90 Å². The Morgan fingerprint density at radius 1 is 1.25 bits per heavy atom. The first kappa shape index (κ1) is 15.5. The molecule has 1 atom stereocenters. The minimum Gasteiger partial charge on any atom is -0.329 e. The number of rotatable bonds is 5. The number of likely N-dealkylation sites (tertiary alicyclic amines) is 1. The van der Waals surface area contributed by atoms with E-state index in [0.29, 0.717) is 6.04 Å². The van der Waals surface area contributed by atoms with E-state index in [1.54, 1.807) is 0 Å². The van der Waals surface area contributed by atoms with E-state index >= 15 is 0 Å². The maximum absolute atomic E-state index is 6.11. The van der Waals surface area contributed by atoms with E-state index in [-0.39, 0.29) is 0 Å². The predicted molar refractivity (Wildman–Crippen MR) is 86.9 cm³/mol. The zero-order valence-electron chi connectivity index (χ0n) is 13.4. The van der Waals surface area contributed by atoms with Crippen LogP contribution in [0.3, 0.4) is 0 Å². The van der Waals surface area contributed by atoms with E-state index in [1.165, 1.54) is 55.5 Å². The van der Waals surface area contributed by atoms with Crippen LogP contribution in [0.25, 0.3) is 0 Å². The van der Waals surface area contributed by atoms with E-state index in [1.807, 2.05) is 0 Å². The summed E-state index contributed by atoms with van der Waals surface area (Å²) in [7, 11) is 0. The molecule has 1 aromatic carbocycles. The lowest BCUT2D eigenvalue weighted by atomic mass is 9.89. The van der Waals surface area contributed by atoms with Gasteiger partial charge in [-0.2, -0.15) is 0 Å². The third kappa shape index (κ3) is 3.42. The van der Waals surface area contributed by atoms with Crippen LogP contribution in [0.4, 0.5) is 0 Å². The van der Waals surface area contributed by atoms with Crippen LogP contribution in [-0.2, 0) is 0 Å². The van der Waals surface area contributed by atoms with Gasteiger partial charge in [-0.1, -0.05) is 38.0 Å². The first-order valence-corrected chi connectivity index (χ1v) is 8.17. The molecule has 0 radical (unpaired) electrons. The smallest absolute Gasteiger partial charge is 0.0473 e. The molecule has 2 heteroatoms. The maximum atomic E-state index is 6.11. The van der Waals surface area contributed by atoms with Gasteiger partial charge in [0, 0.05) is 12.6 Å². The second-order valence-electron chi connectivity index (χ2n) is 6.31. The Labute approximate surface area is 124 Å². The van der Waals surface area contributed by atoms with E-state index in [4.69, 9.17) is 5.73 Å². The van der Waals surface area contributed by atoms with Crippen molar-refractivity contribution >= 4 is 0 Å². The van der Waals surface area contributed by atoms with Gasteiger partial charge >= 0.3 is 0 Å². The molecule has 1 heterocycles. The summed E-state index contributed by atoms with van der Waals surface area (Å²) in [5, 5.41) is 0. The summed E-state index contributed by atoms with van der Waals surface area (Å²) < 4.78 is 0. The van der Waals surface area contributed by atoms with Crippen LogP contribution < -0.4 is 5.73 Å². The second kappa shape index (κ2) is 7.24. The molecule has 1 aliphatic heterocycles. The van der Waals surface area contributed by atoms with Crippen molar-refractivity contribution in [1.29, 1.82) is 0 Å². The monoisotopic (exact) mass is 274 g/mol. The lowest BCUT2D eigenvalue weighted by molar-refractivity contribution is 0.131. The van der Waals surface area contributed by atoms with Crippen LogP contribution in [0.5, 0.6) is 0 Å². The lowest BCUT2D eigenvalue weighted by Crippen LogP contribution is -2.40. The lowest BCUT2D eigenvalue weighted by Gasteiger charge is -2.38. The molecule has 2 rings (SSSR count). The third-order valence-electron chi connectivity index (χ3n) is 5.02. The summed E-state index contributed by atoms with van der Waals surface area (Å²) in [5.74, 6) is 0.938. The SMILES string of the molecule is CCCC1CCN(C(CN)c2cccc(C)c2C)CC1. The van der Waals surface area contributed by atoms with Crippen LogP contribution in [0.1, 0.15) is 55.3 Å². The molecule has 2 nitrogen and oxygen atoms in total. The number of nitrogens with zero attached hydrogens (tertiary/aromatic N) is 1. The van der Waals surface area contributed by atoms with E-state index in [0.717, 1.165) is 12.5 Å². The average Bonchev–Trinajstić information content (AvgIpc) is 2.46. The van der Waals surface area contributed by atoms with Gasteiger partial charge in [-0.25, -0.2) is 0 Å². The van der Waals surface area contributed by atoms with Crippen molar-refractivity contribution in [2.45, 2.75) is 52.5 Å². The topological polar surface area (TPSA) is 29.3 Å². The molecular formula is C18H30N2. The summed E-state index contributed by atoms with van der Waals surface area (Å²) in [4.78, 5) is 2.61. The Morgan fingerprint density at radius 2 is 1.95 bits per heavy atom. The minimum atomic E-state index is 0.400. The highest BCUT2D eigenvalue weighted by Crippen LogP contribution is 2.30.